The fraction of sp³-hybridized carbons (Fsp3) is 0.444. The maximum Gasteiger partial charge on any atom is 0.408 e. The summed E-state index contributed by atoms with van der Waals surface area (Å²) in [6.45, 7) is 4.34. The first-order valence-corrected chi connectivity index (χ1v) is 12.0. The van der Waals surface area contributed by atoms with Crippen LogP contribution in [0.25, 0.3) is 11.1 Å². The molecule has 1 heterocycles. The highest BCUT2D eigenvalue weighted by Gasteiger charge is 2.42. The zero-order chi connectivity index (χ0) is 25.0. The highest BCUT2D eigenvalue weighted by Crippen LogP contribution is 2.44. The zero-order valence-corrected chi connectivity index (χ0v) is 20.1. The summed E-state index contributed by atoms with van der Waals surface area (Å²) in [4.78, 5) is 37.6. The van der Waals surface area contributed by atoms with Gasteiger partial charge in [-0.2, -0.15) is 0 Å². The number of alkyl carbamates (subject to hydrolysis) is 1. The van der Waals surface area contributed by atoms with Gasteiger partial charge in [-0.05, 0) is 28.2 Å². The summed E-state index contributed by atoms with van der Waals surface area (Å²) in [5.41, 5.74) is 3.27. The molecule has 0 radical (unpaired) electrons. The van der Waals surface area contributed by atoms with E-state index in [1.165, 1.54) is 0 Å². The first kappa shape index (κ1) is 24.7. The molecule has 186 valence electrons. The van der Waals surface area contributed by atoms with Crippen molar-refractivity contribution >= 4 is 18.0 Å². The fourth-order valence-electron chi connectivity index (χ4n) is 4.94. The van der Waals surface area contributed by atoms with E-state index >= 15 is 0 Å². The summed E-state index contributed by atoms with van der Waals surface area (Å²) in [7, 11) is 0. The average molecular weight is 481 g/mol. The fourth-order valence-corrected chi connectivity index (χ4v) is 4.94. The summed E-state index contributed by atoms with van der Waals surface area (Å²) in [6, 6.07) is 16.2. The van der Waals surface area contributed by atoms with Crippen LogP contribution in [0, 0.1) is 11.8 Å². The molecular weight excluding hydrogens is 448 g/mol. The molecule has 2 aliphatic rings. The Morgan fingerprint density at radius 2 is 1.60 bits per heavy atom. The normalized spacial score (nSPS) is 17.2. The molecule has 1 fully saturated rings. The van der Waals surface area contributed by atoms with Gasteiger partial charge in [0.05, 0.1) is 5.92 Å². The van der Waals surface area contributed by atoms with Gasteiger partial charge in [0.25, 0.3) is 0 Å². The molecule has 0 saturated carbocycles. The maximum atomic E-state index is 13.2. The Morgan fingerprint density at radius 1 is 1.03 bits per heavy atom. The number of nitrogens with one attached hydrogen (secondary N) is 2. The lowest BCUT2D eigenvalue weighted by atomic mass is 9.88. The molecule has 0 bridgehead atoms. The van der Waals surface area contributed by atoms with Gasteiger partial charge < -0.3 is 25.2 Å². The number of fused-ring (bicyclic) bond motifs is 3. The molecule has 3 N–H and O–H groups in total. The van der Waals surface area contributed by atoms with Crippen LogP contribution in [-0.2, 0) is 19.1 Å². The van der Waals surface area contributed by atoms with Gasteiger partial charge in [-0.1, -0.05) is 62.4 Å². The number of ether oxygens (including phenoxy) is 2. The number of amides is 2. The quantitative estimate of drug-likeness (QED) is 0.533. The number of carbonyl (C=O) groups excluding carboxylic acids is 2. The highest BCUT2D eigenvalue weighted by molar-refractivity contribution is 5.90. The van der Waals surface area contributed by atoms with Gasteiger partial charge in [0.15, 0.2) is 0 Å². The van der Waals surface area contributed by atoms with Crippen LogP contribution in [0.3, 0.4) is 0 Å². The number of benzene rings is 2. The van der Waals surface area contributed by atoms with Crippen molar-refractivity contribution in [3.63, 3.8) is 0 Å². The molecule has 1 aliphatic heterocycles. The monoisotopic (exact) mass is 480 g/mol. The Bertz CT molecular complexity index is 1050. The predicted octanol–water partition coefficient (Wildman–Crippen LogP) is 3.55. The molecule has 35 heavy (non-hydrogen) atoms. The molecule has 1 unspecified atom stereocenters. The molecule has 1 aliphatic carbocycles. The minimum absolute atomic E-state index is 0.0131. The van der Waals surface area contributed by atoms with Crippen molar-refractivity contribution in [2.45, 2.75) is 38.1 Å². The number of aliphatic carboxylic acids is 1. The molecule has 8 heteroatoms. The van der Waals surface area contributed by atoms with Crippen molar-refractivity contribution in [1.82, 2.24) is 10.6 Å². The SMILES string of the molecule is CC(C)C(CNC(=O)C1(NC(=O)OCC2c3ccccc3-c3ccccc32)CCOCC1)C(=O)O. The minimum atomic E-state index is -1.21. The first-order valence-electron chi connectivity index (χ1n) is 12.0. The van der Waals surface area contributed by atoms with Crippen LogP contribution in [-0.4, -0.2) is 55.0 Å². The Hall–Kier alpha value is -3.39. The molecule has 0 aromatic heterocycles. The summed E-state index contributed by atoms with van der Waals surface area (Å²) in [5, 5.41) is 15.0. The lowest BCUT2D eigenvalue weighted by Crippen LogP contribution is -2.62. The second-order valence-electron chi connectivity index (χ2n) is 9.54. The minimum Gasteiger partial charge on any atom is -0.481 e. The number of carboxylic acid groups (broad SMARTS) is 1. The van der Waals surface area contributed by atoms with Crippen molar-refractivity contribution in [3.05, 3.63) is 59.7 Å². The van der Waals surface area contributed by atoms with Crippen LogP contribution in [0.5, 0.6) is 0 Å². The number of carbonyl (C=O) groups is 3. The van der Waals surface area contributed by atoms with Gasteiger partial charge in [-0.15, -0.1) is 0 Å². The Labute approximate surface area is 205 Å². The lowest BCUT2D eigenvalue weighted by Gasteiger charge is -2.36. The van der Waals surface area contributed by atoms with E-state index in [0.717, 1.165) is 22.3 Å². The van der Waals surface area contributed by atoms with Crippen LogP contribution in [0.4, 0.5) is 4.79 Å². The standard InChI is InChI=1S/C27H32N2O6/c1-17(2)22(24(30)31)15-28-25(32)27(11-13-34-14-12-27)29-26(33)35-16-23-20-9-5-3-7-18(20)19-8-4-6-10-21(19)23/h3-10,17,22-23H,11-16H2,1-2H3,(H,28,32)(H,29,33)(H,30,31). The van der Waals surface area contributed by atoms with Crippen LogP contribution in [0.2, 0.25) is 0 Å². The first-order chi connectivity index (χ1) is 16.8. The lowest BCUT2D eigenvalue weighted by molar-refractivity contribution is -0.143. The van der Waals surface area contributed by atoms with Crippen LogP contribution in [0.1, 0.15) is 43.7 Å². The van der Waals surface area contributed by atoms with Gasteiger partial charge in [-0.3, -0.25) is 9.59 Å². The molecule has 4 rings (SSSR count). The van der Waals surface area contributed by atoms with Gasteiger partial charge in [-0.25, -0.2) is 4.79 Å². The number of carboxylic acids is 1. The van der Waals surface area contributed by atoms with Crippen molar-refractivity contribution in [3.8, 4) is 11.1 Å². The van der Waals surface area contributed by atoms with E-state index in [1.807, 2.05) is 36.4 Å². The van der Waals surface area contributed by atoms with Gasteiger partial charge in [0.2, 0.25) is 5.91 Å². The van der Waals surface area contributed by atoms with Crippen LogP contribution >= 0.6 is 0 Å². The third-order valence-corrected chi connectivity index (χ3v) is 7.07. The second kappa shape index (κ2) is 10.5. The molecule has 2 aromatic rings. The molecule has 1 atom stereocenters. The number of hydrogen-bond acceptors (Lipinski definition) is 5. The van der Waals surface area contributed by atoms with E-state index in [9.17, 15) is 19.5 Å². The molecule has 2 aromatic carbocycles. The van der Waals surface area contributed by atoms with Crippen molar-refractivity contribution in [1.29, 1.82) is 0 Å². The summed E-state index contributed by atoms with van der Waals surface area (Å²) in [5.74, 6) is -2.33. The molecule has 0 spiro atoms. The molecule has 1 saturated heterocycles. The Morgan fingerprint density at radius 3 is 2.14 bits per heavy atom. The van der Waals surface area contributed by atoms with E-state index in [1.54, 1.807) is 13.8 Å². The molecule has 2 amide bonds. The van der Waals surface area contributed by atoms with E-state index in [2.05, 4.69) is 22.8 Å². The number of rotatable bonds is 8. The topological polar surface area (TPSA) is 114 Å². The third kappa shape index (κ3) is 5.17. The Kier molecular flexibility index (Phi) is 7.40. The van der Waals surface area contributed by atoms with E-state index in [4.69, 9.17) is 9.47 Å². The maximum absolute atomic E-state index is 13.2. The van der Waals surface area contributed by atoms with Gasteiger partial charge in [0.1, 0.15) is 12.1 Å². The molecular formula is C27H32N2O6. The third-order valence-electron chi connectivity index (χ3n) is 7.07. The second-order valence-corrected chi connectivity index (χ2v) is 9.54. The Balaban J connectivity index is 1.43. The summed E-state index contributed by atoms with van der Waals surface area (Å²) < 4.78 is 11.1. The average Bonchev–Trinajstić information content (AvgIpc) is 3.16. The highest BCUT2D eigenvalue weighted by atomic mass is 16.5. The largest absolute Gasteiger partial charge is 0.481 e. The van der Waals surface area contributed by atoms with Crippen molar-refractivity contribution in [2.75, 3.05) is 26.4 Å². The van der Waals surface area contributed by atoms with Crippen LogP contribution in [0.15, 0.2) is 48.5 Å². The zero-order valence-electron chi connectivity index (χ0n) is 20.1. The van der Waals surface area contributed by atoms with E-state index in [0.29, 0.717) is 13.2 Å². The van der Waals surface area contributed by atoms with E-state index in [-0.39, 0.29) is 37.8 Å². The van der Waals surface area contributed by atoms with E-state index < -0.39 is 29.4 Å². The van der Waals surface area contributed by atoms with Crippen molar-refractivity contribution in [2.24, 2.45) is 11.8 Å². The molecule has 8 nitrogen and oxygen atoms in total. The van der Waals surface area contributed by atoms with Gasteiger partial charge in [0, 0.05) is 38.5 Å². The summed E-state index contributed by atoms with van der Waals surface area (Å²) >= 11 is 0. The predicted molar refractivity (Wildman–Crippen MR) is 130 cm³/mol. The smallest absolute Gasteiger partial charge is 0.408 e. The van der Waals surface area contributed by atoms with Crippen LogP contribution < -0.4 is 10.6 Å². The van der Waals surface area contributed by atoms with Gasteiger partial charge >= 0.3 is 12.1 Å². The summed E-state index contributed by atoms with van der Waals surface area (Å²) in [6.07, 6.45) is -0.118. The van der Waals surface area contributed by atoms with Crippen molar-refractivity contribution < 1.29 is 29.0 Å². The number of hydrogen-bond donors (Lipinski definition) is 3.